The highest BCUT2D eigenvalue weighted by atomic mass is 35.5. The number of carbonyl (C=O) groups is 1. The van der Waals surface area contributed by atoms with E-state index in [2.05, 4.69) is 5.32 Å². The summed E-state index contributed by atoms with van der Waals surface area (Å²) in [7, 11) is 1.50. The van der Waals surface area contributed by atoms with Gasteiger partial charge in [-0.15, -0.1) is 0 Å². The third-order valence-electron chi connectivity index (χ3n) is 1.88. The van der Waals surface area contributed by atoms with Crippen molar-refractivity contribution < 1.29 is 14.6 Å². The van der Waals surface area contributed by atoms with Crippen LogP contribution in [0, 0.1) is 0 Å². The summed E-state index contributed by atoms with van der Waals surface area (Å²) in [6.07, 6.45) is 0. The van der Waals surface area contributed by atoms with Crippen molar-refractivity contribution in [1.29, 1.82) is 0 Å². The molecule has 0 heterocycles. The zero-order chi connectivity index (χ0) is 12.1. The lowest BCUT2D eigenvalue weighted by atomic mass is 10.2. The lowest BCUT2D eigenvalue weighted by molar-refractivity contribution is -0.135. The van der Waals surface area contributed by atoms with Gasteiger partial charge in [-0.25, -0.2) is 0 Å². The van der Waals surface area contributed by atoms with E-state index in [0.717, 1.165) is 5.56 Å². The van der Waals surface area contributed by atoms with Crippen LogP contribution in [0.5, 0.6) is 5.75 Å². The molecule has 0 amide bonds. The van der Waals surface area contributed by atoms with Crippen LogP contribution in [0.15, 0.2) is 12.1 Å². The Labute approximate surface area is 103 Å². The molecular formula is C10H11Cl2NO3. The highest BCUT2D eigenvalue weighted by molar-refractivity contribution is 6.35. The molecular weight excluding hydrogens is 253 g/mol. The molecule has 0 saturated carbocycles. The fourth-order valence-electron chi connectivity index (χ4n) is 1.28. The summed E-state index contributed by atoms with van der Waals surface area (Å²) < 4.78 is 5.11. The highest BCUT2D eigenvalue weighted by Gasteiger charge is 2.09. The molecule has 1 aromatic rings. The highest BCUT2D eigenvalue weighted by Crippen LogP contribution is 2.31. The summed E-state index contributed by atoms with van der Waals surface area (Å²) in [4.78, 5) is 10.3. The van der Waals surface area contributed by atoms with Crippen LogP contribution in [0.4, 0.5) is 0 Å². The van der Waals surface area contributed by atoms with E-state index in [1.165, 1.54) is 7.11 Å². The molecule has 0 unspecified atom stereocenters. The van der Waals surface area contributed by atoms with Gasteiger partial charge in [-0.3, -0.25) is 4.79 Å². The second-order valence-electron chi connectivity index (χ2n) is 3.08. The molecule has 16 heavy (non-hydrogen) atoms. The number of ether oxygens (including phenoxy) is 1. The SMILES string of the molecule is COc1c(Cl)cc(Cl)cc1CNCC(=O)O. The van der Waals surface area contributed by atoms with E-state index in [0.29, 0.717) is 22.3 Å². The van der Waals surface area contributed by atoms with E-state index < -0.39 is 5.97 Å². The summed E-state index contributed by atoms with van der Waals surface area (Å²) in [6, 6.07) is 3.25. The van der Waals surface area contributed by atoms with Gasteiger partial charge >= 0.3 is 5.97 Å². The number of benzene rings is 1. The molecule has 0 radical (unpaired) electrons. The molecule has 1 aromatic carbocycles. The molecule has 4 nitrogen and oxygen atoms in total. The van der Waals surface area contributed by atoms with Crippen molar-refractivity contribution in [3.05, 3.63) is 27.7 Å². The van der Waals surface area contributed by atoms with Crippen molar-refractivity contribution >= 4 is 29.2 Å². The molecule has 88 valence electrons. The third kappa shape index (κ3) is 3.56. The van der Waals surface area contributed by atoms with Crippen LogP contribution >= 0.6 is 23.2 Å². The average molecular weight is 264 g/mol. The molecule has 0 aliphatic rings. The first-order chi connectivity index (χ1) is 7.54. The van der Waals surface area contributed by atoms with Crippen molar-refractivity contribution in [1.82, 2.24) is 5.32 Å². The fraction of sp³-hybridized carbons (Fsp3) is 0.300. The molecule has 1 rings (SSSR count). The quantitative estimate of drug-likeness (QED) is 0.855. The zero-order valence-electron chi connectivity index (χ0n) is 8.59. The smallest absolute Gasteiger partial charge is 0.317 e. The molecule has 0 bridgehead atoms. The Morgan fingerprint density at radius 2 is 2.19 bits per heavy atom. The second-order valence-corrected chi connectivity index (χ2v) is 3.92. The number of carboxylic acid groups (broad SMARTS) is 1. The van der Waals surface area contributed by atoms with Gasteiger partial charge in [0.2, 0.25) is 0 Å². The van der Waals surface area contributed by atoms with Gasteiger partial charge in [-0.05, 0) is 12.1 Å². The minimum Gasteiger partial charge on any atom is -0.495 e. The Hall–Kier alpha value is -0.970. The van der Waals surface area contributed by atoms with Gasteiger partial charge in [0, 0.05) is 17.1 Å². The maximum Gasteiger partial charge on any atom is 0.317 e. The van der Waals surface area contributed by atoms with E-state index >= 15 is 0 Å². The predicted octanol–water partition coefficient (Wildman–Crippen LogP) is 2.18. The Kier molecular flexibility index (Phi) is 4.86. The summed E-state index contributed by atoms with van der Waals surface area (Å²) in [5.74, 6) is -0.420. The van der Waals surface area contributed by atoms with Gasteiger partial charge in [0.1, 0.15) is 5.75 Å². The maximum absolute atomic E-state index is 10.3. The van der Waals surface area contributed by atoms with Crippen molar-refractivity contribution in [2.24, 2.45) is 0 Å². The van der Waals surface area contributed by atoms with Crippen LogP contribution in [0.25, 0.3) is 0 Å². The topological polar surface area (TPSA) is 58.6 Å². The van der Waals surface area contributed by atoms with E-state index in [4.69, 9.17) is 33.0 Å². The molecule has 0 aromatic heterocycles. The minimum atomic E-state index is -0.924. The monoisotopic (exact) mass is 263 g/mol. The van der Waals surface area contributed by atoms with Gasteiger partial charge < -0.3 is 15.2 Å². The van der Waals surface area contributed by atoms with Gasteiger partial charge in [0.15, 0.2) is 0 Å². The van der Waals surface area contributed by atoms with E-state index in [-0.39, 0.29) is 6.54 Å². The first kappa shape index (κ1) is 13.1. The van der Waals surface area contributed by atoms with Crippen LogP contribution in [-0.4, -0.2) is 24.7 Å². The molecule has 0 spiro atoms. The number of rotatable bonds is 5. The maximum atomic E-state index is 10.3. The molecule has 0 saturated heterocycles. The van der Waals surface area contributed by atoms with E-state index in [1.807, 2.05) is 0 Å². The van der Waals surface area contributed by atoms with Crippen LogP contribution in [0.1, 0.15) is 5.56 Å². The number of hydrogen-bond donors (Lipinski definition) is 2. The largest absolute Gasteiger partial charge is 0.495 e. The van der Waals surface area contributed by atoms with Gasteiger partial charge in [-0.2, -0.15) is 0 Å². The zero-order valence-corrected chi connectivity index (χ0v) is 10.1. The minimum absolute atomic E-state index is 0.132. The van der Waals surface area contributed by atoms with Gasteiger partial charge in [-0.1, -0.05) is 23.2 Å². The van der Waals surface area contributed by atoms with E-state index in [9.17, 15) is 4.79 Å². The molecule has 0 aliphatic heterocycles. The van der Waals surface area contributed by atoms with Crippen LogP contribution in [0.3, 0.4) is 0 Å². The molecule has 0 atom stereocenters. The first-order valence-electron chi connectivity index (χ1n) is 4.49. The second kappa shape index (κ2) is 5.94. The summed E-state index contributed by atoms with van der Waals surface area (Å²) in [5.41, 5.74) is 0.723. The van der Waals surface area contributed by atoms with Crippen LogP contribution < -0.4 is 10.1 Å². The van der Waals surface area contributed by atoms with Crippen molar-refractivity contribution in [2.75, 3.05) is 13.7 Å². The Balaban J connectivity index is 2.81. The average Bonchev–Trinajstić information content (AvgIpc) is 2.16. The molecule has 6 heteroatoms. The van der Waals surface area contributed by atoms with Gasteiger partial charge in [0.25, 0.3) is 0 Å². The lowest BCUT2D eigenvalue weighted by Gasteiger charge is -2.11. The Bertz CT molecular complexity index is 396. The number of hydrogen-bond acceptors (Lipinski definition) is 3. The Morgan fingerprint density at radius 1 is 1.50 bits per heavy atom. The summed E-state index contributed by atoms with van der Waals surface area (Å²) in [5, 5.41) is 12.1. The third-order valence-corrected chi connectivity index (χ3v) is 2.38. The summed E-state index contributed by atoms with van der Waals surface area (Å²) in [6.45, 7) is 0.197. The Morgan fingerprint density at radius 3 is 2.75 bits per heavy atom. The number of methoxy groups -OCH3 is 1. The first-order valence-corrected chi connectivity index (χ1v) is 5.24. The van der Waals surface area contributed by atoms with Crippen molar-refractivity contribution in [3.8, 4) is 5.75 Å². The normalized spacial score (nSPS) is 10.2. The molecule has 0 aliphatic carbocycles. The number of halogens is 2. The molecule has 2 N–H and O–H groups in total. The van der Waals surface area contributed by atoms with Crippen molar-refractivity contribution in [2.45, 2.75) is 6.54 Å². The summed E-state index contributed by atoms with van der Waals surface area (Å²) >= 11 is 11.8. The number of aliphatic carboxylic acids is 1. The van der Waals surface area contributed by atoms with Crippen molar-refractivity contribution in [3.63, 3.8) is 0 Å². The van der Waals surface area contributed by atoms with Crippen LogP contribution in [-0.2, 0) is 11.3 Å². The predicted molar refractivity (Wildman–Crippen MR) is 62.4 cm³/mol. The molecule has 0 fully saturated rings. The van der Waals surface area contributed by atoms with Gasteiger partial charge in [0.05, 0.1) is 18.7 Å². The lowest BCUT2D eigenvalue weighted by Crippen LogP contribution is -2.22. The van der Waals surface area contributed by atoms with E-state index in [1.54, 1.807) is 12.1 Å². The number of nitrogens with one attached hydrogen (secondary N) is 1. The number of carboxylic acids is 1. The standard InChI is InChI=1S/C10H11Cl2NO3/c1-16-10-6(4-13-5-9(14)15)2-7(11)3-8(10)12/h2-3,13H,4-5H2,1H3,(H,14,15). The fourth-order valence-corrected chi connectivity index (χ4v) is 1.89. The van der Waals surface area contributed by atoms with Crippen LogP contribution in [0.2, 0.25) is 10.0 Å².